The van der Waals surface area contributed by atoms with Crippen LogP contribution in [0.1, 0.15) is 26.3 Å². The van der Waals surface area contributed by atoms with Crippen LogP contribution in [0.3, 0.4) is 0 Å². The maximum atomic E-state index is 11.9. The SMILES string of the molecule is CN(C)CCNCc1cc(Cl)ccc1OCC(=O)NC(C)(C)C.Cl.Cl. The summed E-state index contributed by atoms with van der Waals surface area (Å²) in [6, 6.07) is 5.43. The van der Waals surface area contributed by atoms with Crippen LogP contribution >= 0.6 is 36.4 Å². The van der Waals surface area contributed by atoms with E-state index in [-0.39, 0.29) is 42.9 Å². The number of nitrogens with zero attached hydrogens (tertiary/aromatic N) is 1. The number of nitrogens with one attached hydrogen (secondary N) is 2. The number of rotatable bonds is 8. The molecule has 0 bridgehead atoms. The van der Waals surface area contributed by atoms with Gasteiger partial charge in [0.2, 0.25) is 0 Å². The molecule has 146 valence electrons. The summed E-state index contributed by atoms with van der Waals surface area (Å²) in [4.78, 5) is 14.0. The van der Waals surface area contributed by atoms with Crippen molar-refractivity contribution in [1.29, 1.82) is 0 Å². The molecule has 0 aliphatic carbocycles. The van der Waals surface area contributed by atoms with Crippen molar-refractivity contribution < 1.29 is 9.53 Å². The molecular formula is C17H30Cl3N3O2. The molecule has 0 aliphatic rings. The molecule has 2 N–H and O–H groups in total. The Kier molecular flexibility index (Phi) is 13.4. The Morgan fingerprint density at radius 2 is 1.88 bits per heavy atom. The van der Waals surface area contributed by atoms with E-state index in [9.17, 15) is 4.79 Å². The Balaban J connectivity index is 0. The predicted molar refractivity (Wildman–Crippen MR) is 110 cm³/mol. The van der Waals surface area contributed by atoms with Crippen LogP contribution in [-0.2, 0) is 11.3 Å². The summed E-state index contributed by atoms with van der Waals surface area (Å²) >= 11 is 6.06. The van der Waals surface area contributed by atoms with Crippen LogP contribution < -0.4 is 15.4 Å². The lowest BCUT2D eigenvalue weighted by Crippen LogP contribution is -2.43. The van der Waals surface area contributed by atoms with Gasteiger partial charge in [0.25, 0.3) is 5.91 Å². The number of carbonyl (C=O) groups is 1. The molecule has 0 atom stereocenters. The Hall–Kier alpha value is -0.720. The second-order valence-electron chi connectivity index (χ2n) is 6.82. The van der Waals surface area contributed by atoms with Crippen LogP contribution in [0.15, 0.2) is 18.2 Å². The van der Waals surface area contributed by atoms with Gasteiger partial charge >= 0.3 is 0 Å². The van der Waals surface area contributed by atoms with Crippen LogP contribution in [0.5, 0.6) is 5.75 Å². The number of carbonyl (C=O) groups excluding carboxylic acids is 1. The van der Waals surface area contributed by atoms with Gasteiger partial charge < -0.3 is 20.3 Å². The molecule has 5 nitrogen and oxygen atoms in total. The lowest BCUT2D eigenvalue weighted by Gasteiger charge is -2.21. The van der Waals surface area contributed by atoms with Crippen molar-refractivity contribution in [3.05, 3.63) is 28.8 Å². The molecule has 1 aromatic rings. The lowest BCUT2D eigenvalue weighted by atomic mass is 10.1. The number of ether oxygens (including phenoxy) is 1. The minimum Gasteiger partial charge on any atom is -0.483 e. The summed E-state index contributed by atoms with van der Waals surface area (Å²) in [5.41, 5.74) is 0.677. The van der Waals surface area contributed by atoms with Gasteiger partial charge in [0.1, 0.15) is 5.75 Å². The zero-order chi connectivity index (χ0) is 17.5. The second-order valence-corrected chi connectivity index (χ2v) is 7.26. The maximum absolute atomic E-state index is 11.9. The fourth-order valence-electron chi connectivity index (χ4n) is 1.95. The molecule has 0 aromatic heterocycles. The average molecular weight is 415 g/mol. The van der Waals surface area contributed by atoms with Crippen molar-refractivity contribution in [1.82, 2.24) is 15.5 Å². The third-order valence-electron chi connectivity index (χ3n) is 2.95. The molecule has 0 radical (unpaired) electrons. The average Bonchev–Trinajstić information content (AvgIpc) is 2.40. The molecule has 0 saturated heterocycles. The van der Waals surface area contributed by atoms with Gasteiger partial charge in [-0.15, -0.1) is 24.8 Å². The van der Waals surface area contributed by atoms with Gasteiger partial charge in [0, 0.05) is 35.8 Å². The van der Waals surface area contributed by atoms with E-state index in [1.54, 1.807) is 12.1 Å². The lowest BCUT2D eigenvalue weighted by molar-refractivity contribution is -0.124. The standard InChI is InChI=1S/C17H28ClN3O2.2ClH/c1-17(2,3)20-16(22)12-23-15-7-6-14(18)10-13(15)11-19-8-9-21(4)5;;/h6-7,10,19H,8-9,11-12H2,1-5H3,(H,20,22);2*1H. The summed E-state index contributed by atoms with van der Waals surface area (Å²) in [5, 5.41) is 6.87. The van der Waals surface area contributed by atoms with E-state index < -0.39 is 0 Å². The molecule has 0 saturated carbocycles. The predicted octanol–water partition coefficient (Wildman–Crippen LogP) is 3.13. The largest absolute Gasteiger partial charge is 0.483 e. The monoisotopic (exact) mass is 413 g/mol. The van der Waals surface area contributed by atoms with E-state index >= 15 is 0 Å². The smallest absolute Gasteiger partial charge is 0.258 e. The van der Waals surface area contributed by atoms with Crippen LogP contribution in [0.2, 0.25) is 5.02 Å². The van der Waals surface area contributed by atoms with Gasteiger partial charge in [-0.25, -0.2) is 0 Å². The molecule has 0 aliphatic heterocycles. The zero-order valence-corrected chi connectivity index (χ0v) is 17.9. The van der Waals surface area contributed by atoms with Crippen molar-refractivity contribution in [2.75, 3.05) is 33.8 Å². The van der Waals surface area contributed by atoms with Crippen molar-refractivity contribution in [3.63, 3.8) is 0 Å². The summed E-state index contributed by atoms with van der Waals surface area (Å²) < 4.78 is 5.66. The number of benzene rings is 1. The van der Waals surface area contributed by atoms with E-state index in [2.05, 4.69) is 15.5 Å². The Bertz CT molecular complexity index is 520. The topological polar surface area (TPSA) is 53.6 Å². The minimum atomic E-state index is -0.267. The van der Waals surface area contributed by atoms with Crippen molar-refractivity contribution in [2.24, 2.45) is 0 Å². The third kappa shape index (κ3) is 12.3. The first-order valence-corrected chi connectivity index (χ1v) is 8.13. The van der Waals surface area contributed by atoms with Gasteiger partial charge in [-0.3, -0.25) is 4.79 Å². The highest BCUT2D eigenvalue weighted by Crippen LogP contribution is 2.22. The fourth-order valence-corrected chi connectivity index (χ4v) is 2.15. The highest BCUT2D eigenvalue weighted by atomic mass is 35.5. The summed E-state index contributed by atoms with van der Waals surface area (Å²) in [6.45, 7) is 8.26. The molecule has 0 unspecified atom stereocenters. The maximum Gasteiger partial charge on any atom is 0.258 e. The first kappa shape index (κ1) is 26.5. The van der Waals surface area contributed by atoms with E-state index in [4.69, 9.17) is 16.3 Å². The van der Waals surface area contributed by atoms with Crippen LogP contribution in [0, 0.1) is 0 Å². The second kappa shape index (κ2) is 12.6. The number of hydrogen-bond acceptors (Lipinski definition) is 4. The van der Waals surface area contributed by atoms with Crippen molar-refractivity contribution in [3.8, 4) is 5.75 Å². The molecule has 8 heteroatoms. The Labute approximate surface area is 168 Å². The molecule has 1 aromatic carbocycles. The van der Waals surface area contributed by atoms with Gasteiger partial charge in [-0.2, -0.15) is 0 Å². The Morgan fingerprint density at radius 3 is 2.44 bits per heavy atom. The van der Waals surface area contributed by atoms with Crippen LogP contribution in [-0.4, -0.2) is 50.1 Å². The Morgan fingerprint density at radius 1 is 1.24 bits per heavy atom. The van der Waals surface area contributed by atoms with Gasteiger partial charge in [0.05, 0.1) is 0 Å². The molecule has 1 amide bonds. The van der Waals surface area contributed by atoms with Crippen LogP contribution in [0.4, 0.5) is 0 Å². The third-order valence-corrected chi connectivity index (χ3v) is 3.18. The number of likely N-dealkylation sites (N-methyl/N-ethyl adjacent to an activating group) is 1. The first-order chi connectivity index (χ1) is 10.7. The van der Waals surface area contributed by atoms with Gasteiger partial charge in [-0.05, 0) is 53.1 Å². The molecule has 25 heavy (non-hydrogen) atoms. The quantitative estimate of drug-likeness (QED) is 0.642. The summed E-state index contributed by atoms with van der Waals surface area (Å²) in [5.74, 6) is 0.537. The van der Waals surface area contributed by atoms with Gasteiger partial charge in [0.15, 0.2) is 6.61 Å². The summed E-state index contributed by atoms with van der Waals surface area (Å²) in [6.07, 6.45) is 0. The minimum absolute atomic E-state index is 0. The van der Waals surface area contributed by atoms with E-state index in [1.807, 2.05) is 40.9 Å². The van der Waals surface area contributed by atoms with Crippen LogP contribution in [0.25, 0.3) is 0 Å². The normalized spacial score (nSPS) is 10.7. The van der Waals surface area contributed by atoms with E-state index in [0.29, 0.717) is 17.3 Å². The molecule has 0 spiro atoms. The van der Waals surface area contributed by atoms with E-state index in [1.165, 1.54) is 0 Å². The molecular weight excluding hydrogens is 385 g/mol. The summed E-state index contributed by atoms with van der Waals surface area (Å²) in [7, 11) is 4.06. The van der Waals surface area contributed by atoms with Gasteiger partial charge in [-0.1, -0.05) is 11.6 Å². The number of halogens is 3. The fraction of sp³-hybridized carbons (Fsp3) is 0.588. The van der Waals surface area contributed by atoms with E-state index in [0.717, 1.165) is 18.7 Å². The molecule has 0 fully saturated rings. The zero-order valence-electron chi connectivity index (χ0n) is 15.5. The molecule has 0 heterocycles. The molecule has 1 rings (SSSR count). The van der Waals surface area contributed by atoms with Crippen molar-refractivity contribution in [2.45, 2.75) is 32.9 Å². The first-order valence-electron chi connectivity index (χ1n) is 7.75. The van der Waals surface area contributed by atoms with Crippen molar-refractivity contribution >= 4 is 42.3 Å². The number of amides is 1. The highest BCUT2D eigenvalue weighted by molar-refractivity contribution is 6.30. The number of hydrogen-bond donors (Lipinski definition) is 2. The highest BCUT2D eigenvalue weighted by Gasteiger charge is 2.14.